The van der Waals surface area contributed by atoms with Crippen LogP contribution < -0.4 is 0 Å². The van der Waals surface area contributed by atoms with Crippen LogP contribution in [-0.4, -0.2) is 51.2 Å². The Kier molecular flexibility index (Phi) is 9.35. The quantitative estimate of drug-likeness (QED) is 0.593. The van der Waals surface area contributed by atoms with E-state index < -0.39 is 0 Å². The van der Waals surface area contributed by atoms with Gasteiger partial charge in [0.15, 0.2) is 0 Å². The Morgan fingerprint density at radius 3 is 1.84 bits per heavy atom. The van der Waals surface area contributed by atoms with Gasteiger partial charge < -0.3 is 22.6 Å². The number of hydrogen-bond acceptors (Lipinski definition) is 5. The normalized spacial score (nSPS) is 10.3. The molecular formula is C16H18O5Si4. The van der Waals surface area contributed by atoms with Crippen molar-refractivity contribution in [3.8, 4) is 22.6 Å². The maximum Gasteiger partial charge on any atom is 0.411 e. The van der Waals surface area contributed by atoms with E-state index in [0.717, 1.165) is 27.8 Å². The Labute approximate surface area is 160 Å². The maximum atomic E-state index is 10.4. The highest BCUT2D eigenvalue weighted by Crippen LogP contribution is 2.42. The Bertz CT molecular complexity index is 676. The largest absolute Gasteiger partial charge is 0.507 e. The second-order valence-electron chi connectivity index (χ2n) is 5.21. The van der Waals surface area contributed by atoms with Crippen LogP contribution in [0.3, 0.4) is 0 Å². The Balaban J connectivity index is 0.000000381. The van der Waals surface area contributed by atoms with E-state index in [-0.39, 0.29) is 31.5 Å². The predicted molar refractivity (Wildman–Crippen MR) is 100 cm³/mol. The van der Waals surface area contributed by atoms with Gasteiger partial charge in [-0.05, 0) is 56.0 Å². The van der Waals surface area contributed by atoms with Crippen molar-refractivity contribution in [1.82, 2.24) is 0 Å². The number of hydrogen-bond donors (Lipinski definition) is 2. The van der Waals surface area contributed by atoms with Gasteiger partial charge in [-0.25, -0.2) is 0 Å². The molecule has 2 N–H and O–H groups in total. The van der Waals surface area contributed by atoms with Gasteiger partial charge in [0.1, 0.15) is 11.5 Å². The van der Waals surface area contributed by atoms with Crippen molar-refractivity contribution >= 4 is 41.0 Å². The number of benzene rings is 2. The lowest BCUT2D eigenvalue weighted by molar-refractivity contribution is 0.443. The molecule has 0 atom stereocenters. The summed E-state index contributed by atoms with van der Waals surface area (Å²) < 4.78 is 13.4. The number of phenols is 2. The summed E-state index contributed by atoms with van der Waals surface area (Å²) in [7, 11) is 5.47. The van der Waals surface area contributed by atoms with Crippen LogP contribution >= 0.6 is 0 Å². The molecule has 128 valence electrons. The van der Waals surface area contributed by atoms with Gasteiger partial charge in [0.25, 0.3) is 0 Å². The molecule has 25 heavy (non-hydrogen) atoms. The van der Waals surface area contributed by atoms with Crippen LogP contribution in [-0.2, 0) is 12.3 Å². The summed E-state index contributed by atoms with van der Waals surface area (Å²) in [5, 5.41) is 20.3. The highest BCUT2D eigenvalue weighted by atomic mass is 28.4. The van der Waals surface area contributed by atoms with Crippen molar-refractivity contribution in [3.05, 3.63) is 46.5 Å². The fourth-order valence-electron chi connectivity index (χ4n) is 2.37. The van der Waals surface area contributed by atoms with E-state index in [2.05, 4.69) is 33.3 Å². The monoisotopic (exact) mass is 402 g/mol. The van der Waals surface area contributed by atoms with Crippen molar-refractivity contribution in [1.29, 1.82) is 0 Å². The number of rotatable bonds is 5. The first-order valence-electron chi connectivity index (χ1n) is 7.25. The minimum absolute atomic E-state index is 0.00849. The second kappa shape index (κ2) is 10.7. The standard InChI is InChI=1S/C16H18O2.O3Si4/c1-9-10(2)12(4)16(18)15(11(9)3)13-7-5-6-8-14(13)17;4-1-6-3-7-2-5/h5-8,17-18H,1-4H3;. The average molecular weight is 403 g/mol. The lowest BCUT2D eigenvalue weighted by atomic mass is 9.89. The van der Waals surface area contributed by atoms with Crippen molar-refractivity contribution in [2.75, 3.05) is 0 Å². The van der Waals surface area contributed by atoms with Crippen molar-refractivity contribution in [2.45, 2.75) is 27.7 Å². The summed E-state index contributed by atoms with van der Waals surface area (Å²) >= 11 is 0. The van der Waals surface area contributed by atoms with E-state index in [4.69, 9.17) is 0 Å². The van der Waals surface area contributed by atoms with Crippen LogP contribution in [0.5, 0.6) is 11.5 Å². The topological polar surface area (TPSA) is 68.2 Å². The molecule has 0 aromatic heterocycles. The summed E-state index contributed by atoms with van der Waals surface area (Å²) in [5.74, 6) is 0.454. The van der Waals surface area contributed by atoms with Gasteiger partial charge in [0.2, 0.25) is 21.0 Å². The lowest BCUT2D eigenvalue weighted by Crippen LogP contribution is -2.08. The zero-order valence-corrected chi connectivity index (χ0v) is 18.4. The first kappa shape index (κ1) is 21.8. The minimum atomic E-state index is -0.00849. The van der Waals surface area contributed by atoms with E-state index in [9.17, 15) is 10.2 Å². The van der Waals surface area contributed by atoms with E-state index in [0.29, 0.717) is 5.56 Å². The van der Waals surface area contributed by atoms with Gasteiger partial charge in [-0.3, -0.25) is 0 Å². The molecule has 9 heteroatoms. The van der Waals surface area contributed by atoms with E-state index >= 15 is 0 Å². The molecule has 0 aliphatic heterocycles. The molecule has 0 bridgehead atoms. The molecule has 0 heterocycles. The fraction of sp³-hybridized carbons (Fsp3) is 0.250. The van der Waals surface area contributed by atoms with Crippen molar-refractivity contribution in [2.24, 2.45) is 0 Å². The Hall–Kier alpha value is -1.21. The van der Waals surface area contributed by atoms with Crippen LogP contribution in [0.4, 0.5) is 0 Å². The summed E-state index contributed by atoms with van der Waals surface area (Å²) in [6, 6.07) is 7.10. The molecule has 0 aliphatic rings. The number of para-hydroxylation sites is 1. The molecule has 10 radical (unpaired) electrons. The second-order valence-corrected chi connectivity index (χ2v) is 8.00. The molecule has 0 fully saturated rings. The van der Waals surface area contributed by atoms with Gasteiger partial charge in [0, 0.05) is 11.1 Å². The molecule has 5 nitrogen and oxygen atoms in total. The first-order valence-corrected chi connectivity index (χ1v) is 9.70. The SMILES string of the molecule is Cc1c(C)c(C)c(-c2ccccc2O)c(O)c1C.[Si]O[Si]O[Si]O[Si]. The molecule has 0 spiro atoms. The minimum Gasteiger partial charge on any atom is -0.507 e. The van der Waals surface area contributed by atoms with Crippen LogP contribution in [0.1, 0.15) is 22.3 Å². The molecule has 0 amide bonds. The summed E-state index contributed by atoms with van der Waals surface area (Å²) in [5.41, 5.74) is 5.55. The molecule has 0 aliphatic carbocycles. The summed E-state index contributed by atoms with van der Waals surface area (Å²) in [6.45, 7) is 7.93. The van der Waals surface area contributed by atoms with E-state index in [1.54, 1.807) is 12.1 Å². The molecular weight excluding hydrogens is 385 g/mol. The third-order valence-electron chi connectivity index (χ3n) is 3.99. The van der Waals surface area contributed by atoms with Crippen LogP contribution in [0.15, 0.2) is 24.3 Å². The lowest BCUT2D eigenvalue weighted by Gasteiger charge is -2.18. The number of phenolic OH excluding ortho intramolecular Hbond substituents is 2. The smallest absolute Gasteiger partial charge is 0.411 e. The molecule has 0 unspecified atom stereocenters. The van der Waals surface area contributed by atoms with Crippen molar-refractivity contribution < 1.29 is 22.6 Å². The molecule has 0 saturated carbocycles. The van der Waals surface area contributed by atoms with Gasteiger partial charge in [0.05, 0.1) is 0 Å². The highest BCUT2D eigenvalue weighted by Gasteiger charge is 2.17. The van der Waals surface area contributed by atoms with Gasteiger partial charge in [-0.2, -0.15) is 0 Å². The van der Waals surface area contributed by atoms with Gasteiger partial charge >= 0.3 is 20.0 Å². The highest BCUT2D eigenvalue weighted by molar-refractivity contribution is 6.40. The first-order chi connectivity index (χ1) is 11.9. The Morgan fingerprint density at radius 2 is 1.32 bits per heavy atom. The molecule has 2 aromatic carbocycles. The zero-order chi connectivity index (χ0) is 19.0. The van der Waals surface area contributed by atoms with Gasteiger partial charge in [-0.15, -0.1) is 0 Å². The fourth-order valence-corrected chi connectivity index (χ4v) is 3.59. The summed E-state index contributed by atoms with van der Waals surface area (Å²) in [6.07, 6.45) is 0. The Morgan fingerprint density at radius 1 is 0.800 bits per heavy atom. The third kappa shape index (κ3) is 5.64. The number of aromatic hydroxyl groups is 2. The van der Waals surface area contributed by atoms with E-state index in [1.165, 1.54) is 0 Å². The summed E-state index contributed by atoms with van der Waals surface area (Å²) in [4.78, 5) is 0. The van der Waals surface area contributed by atoms with Gasteiger partial charge in [-0.1, -0.05) is 18.2 Å². The zero-order valence-electron chi connectivity index (χ0n) is 14.4. The van der Waals surface area contributed by atoms with Crippen LogP contribution in [0, 0.1) is 27.7 Å². The van der Waals surface area contributed by atoms with E-state index in [1.807, 2.05) is 39.8 Å². The van der Waals surface area contributed by atoms with Crippen LogP contribution in [0.2, 0.25) is 0 Å². The molecule has 2 aromatic rings. The third-order valence-corrected chi connectivity index (χ3v) is 5.33. The van der Waals surface area contributed by atoms with Crippen LogP contribution in [0.25, 0.3) is 11.1 Å². The molecule has 2 rings (SSSR count). The maximum absolute atomic E-state index is 10.4. The average Bonchev–Trinajstić information content (AvgIpc) is 2.61. The predicted octanol–water partition coefficient (Wildman–Crippen LogP) is 2.27. The molecule has 0 saturated heterocycles. The van der Waals surface area contributed by atoms with Crippen molar-refractivity contribution in [3.63, 3.8) is 0 Å².